The van der Waals surface area contributed by atoms with Crippen LogP contribution in [0.2, 0.25) is 15.1 Å². The van der Waals surface area contributed by atoms with Gasteiger partial charge in [-0.25, -0.2) is 4.39 Å². The highest BCUT2D eigenvalue weighted by Gasteiger charge is 2.26. The Morgan fingerprint density at radius 2 is 1.77 bits per heavy atom. The molecule has 0 aliphatic carbocycles. The fourth-order valence-electron chi connectivity index (χ4n) is 1.43. The van der Waals surface area contributed by atoms with Crippen LogP contribution in [0.4, 0.5) is 4.39 Å². The fourth-order valence-corrected chi connectivity index (χ4v) is 4.43. The molecule has 0 amide bonds. The van der Waals surface area contributed by atoms with Crippen LogP contribution < -0.4 is 0 Å². The number of rotatable bonds is 4. The lowest BCUT2D eigenvalue weighted by Gasteiger charge is -2.14. The van der Waals surface area contributed by atoms with Gasteiger partial charge in [0.2, 0.25) is 0 Å². The average Bonchev–Trinajstić information content (AvgIpc) is 2.75. The summed E-state index contributed by atoms with van der Waals surface area (Å²) in [6, 6.07) is 2.85. The van der Waals surface area contributed by atoms with Crippen molar-refractivity contribution in [2.24, 2.45) is 0 Å². The summed E-state index contributed by atoms with van der Waals surface area (Å²) >= 11 is 18.6. The highest BCUT2D eigenvalue weighted by molar-refractivity contribution is 8.00. The van der Waals surface area contributed by atoms with Crippen LogP contribution in [0.25, 0.3) is 0 Å². The van der Waals surface area contributed by atoms with Crippen molar-refractivity contribution in [2.75, 3.05) is 14.1 Å². The molecule has 11 heteroatoms. The third-order valence-corrected chi connectivity index (χ3v) is 6.49. The molecule has 1 aromatic heterocycles. The summed E-state index contributed by atoms with van der Waals surface area (Å²) in [6.45, 7) is 0. The molecule has 0 fully saturated rings. The summed E-state index contributed by atoms with van der Waals surface area (Å²) in [5.74, 6) is -0.808. The van der Waals surface area contributed by atoms with Gasteiger partial charge in [-0.05, 0) is 12.1 Å². The van der Waals surface area contributed by atoms with E-state index in [1.165, 1.54) is 26.2 Å². The molecule has 0 spiro atoms. The first kappa shape index (κ1) is 17.8. The summed E-state index contributed by atoms with van der Waals surface area (Å²) in [5.41, 5.74) is 0. The second-order valence-corrected chi connectivity index (χ2v) is 8.45. The monoisotopic (exact) mass is 403 g/mol. The van der Waals surface area contributed by atoms with Crippen LogP contribution in [0, 0.1) is 5.82 Å². The van der Waals surface area contributed by atoms with E-state index < -0.39 is 16.0 Å². The van der Waals surface area contributed by atoms with Crippen LogP contribution in [-0.4, -0.2) is 36.0 Å². The van der Waals surface area contributed by atoms with E-state index >= 15 is 0 Å². The van der Waals surface area contributed by atoms with Crippen LogP contribution in [0.1, 0.15) is 0 Å². The van der Waals surface area contributed by atoms with E-state index in [2.05, 4.69) is 5.10 Å². The van der Waals surface area contributed by atoms with Crippen molar-refractivity contribution in [2.45, 2.75) is 9.92 Å². The zero-order chi connectivity index (χ0) is 16.7. The van der Waals surface area contributed by atoms with Gasteiger partial charge < -0.3 is 0 Å². The van der Waals surface area contributed by atoms with Crippen molar-refractivity contribution in [3.05, 3.63) is 39.2 Å². The van der Waals surface area contributed by atoms with E-state index in [9.17, 15) is 12.8 Å². The van der Waals surface area contributed by atoms with Gasteiger partial charge in [0.15, 0.2) is 10.8 Å². The van der Waals surface area contributed by atoms with E-state index in [4.69, 9.17) is 34.8 Å². The molecule has 0 saturated heterocycles. The predicted octanol–water partition coefficient (Wildman–Crippen LogP) is 3.79. The zero-order valence-electron chi connectivity index (χ0n) is 11.2. The molecule has 0 aliphatic rings. The van der Waals surface area contributed by atoms with Gasteiger partial charge >= 0.3 is 10.2 Å². The lowest BCUT2D eigenvalue weighted by Crippen LogP contribution is -2.30. The Morgan fingerprint density at radius 1 is 1.23 bits per heavy atom. The van der Waals surface area contributed by atoms with Crippen molar-refractivity contribution in [1.82, 2.24) is 13.5 Å². The minimum atomic E-state index is -3.97. The maximum Gasteiger partial charge on any atom is 0.323 e. The molecular weight excluding hydrogens is 396 g/mol. The Labute approximate surface area is 146 Å². The van der Waals surface area contributed by atoms with Gasteiger partial charge in [-0.15, -0.1) is 4.09 Å². The van der Waals surface area contributed by atoms with Gasteiger partial charge in [-0.2, -0.15) is 17.8 Å². The third-order valence-electron chi connectivity index (χ3n) is 2.50. The Hall–Kier alpha value is -0.510. The van der Waals surface area contributed by atoms with E-state index in [0.29, 0.717) is 9.11 Å². The van der Waals surface area contributed by atoms with Gasteiger partial charge in [-0.1, -0.05) is 46.6 Å². The van der Waals surface area contributed by atoms with Gasteiger partial charge in [0, 0.05) is 19.1 Å². The largest absolute Gasteiger partial charge is 0.323 e. The number of hydrogen-bond acceptors (Lipinski definition) is 4. The summed E-state index contributed by atoms with van der Waals surface area (Å²) in [6.07, 6.45) is 0.807. The van der Waals surface area contributed by atoms with Crippen molar-refractivity contribution >= 4 is 56.8 Å². The molecule has 0 bridgehead atoms. The zero-order valence-corrected chi connectivity index (χ0v) is 15.1. The third kappa shape index (κ3) is 3.37. The van der Waals surface area contributed by atoms with Crippen LogP contribution in [0.5, 0.6) is 0 Å². The van der Waals surface area contributed by atoms with Gasteiger partial charge in [0.25, 0.3) is 0 Å². The first-order valence-electron chi connectivity index (χ1n) is 5.63. The lowest BCUT2D eigenvalue weighted by atomic mass is 10.4. The Morgan fingerprint density at radius 3 is 2.27 bits per heavy atom. The molecule has 0 aliphatic heterocycles. The molecule has 5 nitrogen and oxygen atoms in total. The molecule has 2 rings (SSSR count). The number of benzene rings is 1. The predicted molar refractivity (Wildman–Crippen MR) is 85.8 cm³/mol. The minimum absolute atomic E-state index is 0.178. The molecule has 1 aromatic carbocycles. The first-order chi connectivity index (χ1) is 10.1. The van der Waals surface area contributed by atoms with Crippen molar-refractivity contribution in [3.8, 4) is 0 Å². The topological polar surface area (TPSA) is 55.2 Å². The van der Waals surface area contributed by atoms with Crippen molar-refractivity contribution in [1.29, 1.82) is 0 Å². The maximum absolute atomic E-state index is 13.9. The molecule has 0 radical (unpaired) electrons. The standard InChI is InChI=1S/C11H9Cl3FN3O2S2/c1-17(2)22(19,20)18-11(9(15)5-16-18)21-10-7(13)3-6(12)4-8(10)14/h3-5H,1-2H3. The van der Waals surface area contributed by atoms with Crippen molar-refractivity contribution < 1.29 is 12.8 Å². The van der Waals surface area contributed by atoms with Crippen LogP contribution >= 0.6 is 46.6 Å². The molecule has 1 heterocycles. The fraction of sp³-hybridized carbons (Fsp3) is 0.182. The average molecular weight is 405 g/mol. The molecular formula is C11H9Cl3FN3O2S2. The van der Waals surface area contributed by atoms with Gasteiger partial charge in [0.1, 0.15) is 0 Å². The first-order valence-corrected chi connectivity index (χ1v) is 8.98. The van der Waals surface area contributed by atoms with Gasteiger partial charge in [-0.3, -0.25) is 0 Å². The molecule has 0 N–H and O–H groups in total. The molecule has 0 atom stereocenters. The lowest BCUT2D eigenvalue weighted by molar-refractivity contribution is 0.495. The summed E-state index contributed by atoms with van der Waals surface area (Å²) in [7, 11) is -1.35. The molecule has 120 valence electrons. The van der Waals surface area contributed by atoms with E-state index in [1.807, 2.05) is 0 Å². The summed E-state index contributed by atoms with van der Waals surface area (Å²) < 4.78 is 39.7. The van der Waals surface area contributed by atoms with Crippen LogP contribution in [0.15, 0.2) is 28.3 Å². The molecule has 0 unspecified atom stereocenters. The number of aromatic nitrogens is 2. The number of hydrogen-bond donors (Lipinski definition) is 0. The normalized spacial score (nSPS) is 12.1. The summed E-state index contributed by atoms with van der Waals surface area (Å²) in [5, 5.41) is 3.98. The van der Waals surface area contributed by atoms with E-state index in [1.54, 1.807) is 0 Å². The molecule has 22 heavy (non-hydrogen) atoms. The quantitative estimate of drug-likeness (QED) is 0.778. The van der Waals surface area contributed by atoms with E-state index in [-0.39, 0.29) is 20.0 Å². The minimum Gasteiger partial charge on any atom is -0.202 e. The van der Waals surface area contributed by atoms with Crippen LogP contribution in [-0.2, 0) is 10.2 Å². The second-order valence-electron chi connectivity index (χ2n) is 4.23. The second kappa shape index (κ2) is 6.54. The van der Waals surface area contributed by atoms with Crippen LogP contribution in [0.3, 0.4) is 0 Å². The summed E-state index contributed by atoms with van der Waals surface area (Å²) in [4.78, 5) is 0.280. The smallest absolute Gasteiger partial charge is 0.202 e. The molecule has 0 saturated carbocycles. The Kier molecular flexibility index (Phi) is 5.31. The highest BCUT2D eigenvalue weighted by Crippen LogP contribution is 2.41. The SMILES string of the molecule is CN(C)S(=O)(=O)n1ncc(F)c1Sc1c(Cl)cc(Cl)cc1Cl. The Bertz CT molecular complexity index is 801. The van der Waals surface area contributed by atoms with Gasteiger partial charge in [0.05, 0.1) is 21.1 Å². The highest BCUT2D eigenvalue weighted by atomic mass is 35.5. The molecule has 2 aromatic rings. The maximum atomic E-state index is 13.9. The number of halogens is 4. The number of nitrogens with zero attached hydrogens (tertiary/aromatic N) is 3. The van der Waals surface area contributed by atoms with E-state index in [0.717, 1.165) is 22.3 Å². The Balaban J connectivity index is 2.55. The van der Waals surface area contributed by atoms with Crippen molar-refractivity contribution in [3.63, 3.8) is 0 Å².